The zero-order valence-corrected chi connectivity index (χ0v) is 16.5. The number of benzene rings is 2. The van der Waals surface area contributed by atoms with Crippen molar-refractivity contribution in [3.05, 3.63) is 63.7 Å². The van der Waals surface area contributed by atoms with Crippen LogP contribution in [0.1, 0.15) is 10.6 Å². The molecule has 0 atom stereocenters. The molecule has 1 N–H and O–H groups in total. The Morgan fingerprint density at radius 2 is 1.88 bits per heavy atom. The van der Waals surface area contributed by atoms with Crippen LogP contribution in [0, 0.1) is 0 Å². The summed E-state index contributed by atoms with van der Waals surface area (Å²) in [5, 5.41) is 4.49. The molecule has 4 nitrogen and oxygen atoms in total. The predicted molar refractivity (Wildman–Crippen MR) is 105 cm³/mol. The highest BCUT2D eigenvalue weighted by Crippen LogP contribution is 2.29. The number of ether oxygens (including phenoxy) is 2. The molecular weight excluding hydrogens is 400 g/mol. The van der Waals surface area contributed by atoms with Crippen LogP contribution in [0.15, 0.2) is 53.1 Å². The molecule has 3 aromatic rings. The van der Waals surface area contributed by atoms with Crippen LogP contribution in [0.5, 0.6) is 11.5 Å². The Morgan fingerprint density at radius 1 is 1.04 bits per heavy atom. The van der Waals surface area contributed by atoms with Gasteiger partial charge < -0.3 is 14.8 Å². The van der Waals surface area contributed by atoms with E-state index in [0.717, 1.165) is 39.6 Å². The molecule has 0 saturated heterocycles. The smallest absolute Gasteiger partial charge is 0.161 e. The van der Waals surface area contributed by atoms with E-state index < -0.39 is 0 Å². The average molecular weight is 419 g/mol. The highest BCUT2D eigenvalue weighted by atomic mass is 79.9. The molecule has 0 unspecified atom stereocenters. The second-order valence-electron chi connectivity index (χ2n) is 5.42. The fourth-order valence-corrected chi connectivity index (χ4v) is 3.75. The summed E-state index contributed by atoms with van der Waals surface area (Å²) in [6.45, 7) is 1.47. The molecule has 130 valence electrons. The Hall–Kier alpha value is -1.89. The third-order valence-electron chi connectivity index (χ3n) is 3.72. The van der Waals surface area contributed by atoms with E-state index in [2.05, 4.69) is 38.4 Å². The third kappa shape index (κ3) is 4.60. The second-order valence-corrected chi connectivity index (χ2v) is 7.45. The van der Waals surface area contributed by atoms with Gasteiger partial charge in [0.15, 0.2) is 11.5 Å². The lowest BCUT2D eigenvalue weighted by Crippen LogP contribution is -2.12. The van der Waals surface area contributed by atoms with E-state index in [-0.39, 0.29) is 0 Å². The lowest BCUT2D eigenvalue weighted by Gasteiger charge is -2.09. The van der Waals surface area contributed by atoms with Crippen LogP contribution in [0.3, 0.4) is 0 Å². The summed E-state index contributed by atoms with van der Waals surface area (Å²) < 4.78 is 11.7. The number of nitrogens with zero attached hydrogens (tertiary/aromatic N) is 1. The van der Waals surface area contributed by atoms with Gasteiger partial charge in [-0.2, -0.15) is 0 Å². The van der Waals surface area contributed by atoms with Crippen LogP contribution in [0.2, 0.25) is 0 Å². The van der Waals surface area contributed by atoms with E-state index in [1.807, 2.05) is 36.5 Å². The number of aromatic nitrogens is 1. The van der Waals surface area contributed by atoms with Crippen molar-refractivity contribution in [1.29, 1.82) is 0 Å². The molecule has 0 aliphatic heterocycles. The van der Waals surface area contributed by atoms with Crippen molar-refractivity contribution in [2.45, 2.75) is 13.1 Å². The van der Waals surface area contributed by atoms with Gasteiger partial charge in [-0.25, -0.2) is 4.98 Å². The minimum Gasteiger partial charge on any atom is -0.493 e. The first-order valence-corrected chi connectivity index (χ1v) is 9.43. The fraction of sp³-hybridized carbons (Fsp3) is 0.211. The quantitative estimate of drug-likeness (QED) is 0.593. The number of halogens is 1. The zero-order valence-electron chi connectivity index (χ0n) is 14.1. The predicted octanol–water partition coefficient (Wildman–Crippen LogP) is 4.88. The van der Waals surface area contributed by atoms with Crippen LogP contribution in [0.25, 0.3) is 10.4 Å². The Balaban J connectivity index is 1.60. The minimum atomic E-state index is 0.729. The van der Waals surface area contributed by atoms with Crippen molar-refractivity contribution in [3.63, 3.8) is 0 Å². The Labute approximate surface area is 160 Å². The van der Waals surface area contributed by atoms with Gasteiger partial charge in [0, 0.05) is 23.8 Å². The summed E-state index contributed by atoms with van der Waals surface area (Å²) in [5.41, 5.74) is 2.32. The summed E-state index contributed by atoms with van der Waals surface area (Å²) in [7, 11) is 3.29. The van der Waals surface area contributed by atoms with Gasteiger partial charge in [-0.1, -0.05) is 34.1 Å². The minimum absolute atomic E-state index is 0.729. The molecule has 25 heavy (non-hydrogen) atoms. The molecule has 3 rings (SSSR count). The van der Waals surface area contributed by atoms with Crippen LogP contribution in [-0.2, 0) is 13.1 Å². The van der Waals surface area contributed by atoms with Gasteiger partial charge in [-0.05, 0) is 35.4 Å². The molecule has 0 fully saturated rings. The Kier molecular flexibility index (Phi) is 6.07. The second kappa shape index (κ2) is 8.47. The molecule has 6 heteroatoms. The van der Waals surface area contributed by atoms with E-state index in [0.29, 0.717) is 0 Å². The molecule has 0 amide bonds. The molecule has 0 saturated carbocycles. The Bertz CT molecular complexity index is 851. The van der Waals surface area contributed by atoms with Crippen LogP contribution >= 0.6 is 27.3 Å². The number of hydrogen-bond acceptors (Lipinski definition) is 5. The first-order chi connectivity index (χ1) is 12.2. The van der Waals surface area contributed by atoms with Gasteiger partial charge in [0.1, 0.15) is 5.01 Å². The van der Waals surface area contributed by atoms with Crippen molar-refractivity contribution in [3.8, 4) is 21.9 Å². The lowest BCUT2D eigenvalue weighted by atomic mass is 10.2. The number of hydrogen-bond donors (Lipinski definition) is 1. The Morgan fingerprint density at radius 3 is 2.64 bits per heavy atom. The molecule has 0 aliphatic carbocycles. The summed E-state index contributed by atoms with van der Waals surface area (Å²) in [6, 6.07) is 14.2. The van der Waals surface area contributed by atoms with Crippen molar-refractivity contribution >= 4 is 27.3 Å². The highest BCUT2D eigenvalue weighted by molar-refractivity contribution is 9.10. The van der Waals surface area contributed by atoms with E-state index in [1.165, 1.54) is 10.4 Å². The van der Waals surface area contributed by atoms with Crippen molar-refractivity contribution in [2.75, 3.05) is 14.2 Å². The first-order valence-electron chi connectivity index (χ1n) is 7.82. The largest absolute Gasteiger partial charge is 0.493 e. The summed E-state index contributed by atoms with van der Waals surface area (Å²) >= 11 is 5.21. The van der Waals surface area contributed by atoms with E-state index in [9.17, 15) is 0 Å². The van der Waals surface area contributed by atoms with E-state index in [4.69, 9.17) is 9.47 Å². The molecule has 0 aliphatic rings. The fourth-order valence-electron chi connectivity index (χ4n) is 2.47. The van der Waals surface area contributed by atoms with Gasteiger partial charge in [0.05, 0.1) is 19.1 Å². The molecule has 0 spiro atoms. The van der Waals surface area contributed by atoms with E-state index in [1.54, 1.807) is 25.6 Å². The van der Waals surface area contributed by atoms with Gasteiger partial charge in [0.25, 0.3) is 0 Å². The van der Waals surface area contributed by atoms with Crippen molar-refractivity contribution < 1.29 is 9.47 Å². The molecule has 2 aromatic carbocycles. The standard InChI is InChI=1S/C19H19BrN2O2S/c1-23-16-7-6-13(8-17(16)24-2)10-21-12-19-22-11-18(25-19)14-4-3-5-15(20)9-14/h3-9,11,21H,10,12H2,1-2H3. The number of nitrogens with one attached hydrogen (secondary N) is 1. The molecule has 0 bridgehead atoms. The normalized spacial score (nSPS) is 10.7. The third-order valence-corrected chi connectivity index (χ3v) is 5.26. The summed E-state index contributed by atoms with van der Waals surface area (Å²) in [6.07, 6.45) is 1.93. The monoisotopic (exact) mass is 418 g/mol. The average Bonchev–Trinajstić information content (AvgIpc) is 3.10. The molecule has 0 radical (unpaired) electrons. The van der Waals surface area contributed by atoms with Gasteiger partial charge >= 0.3 is 0 Å². The molecular formula is C19H19BrN2O2S. The number of thiazole rings is 1. The maximum atomic E-state index is 5.34. The van der Waals surface area contributed by atoms with Gasteiger partial charge in [-0.15, -0.1) is 11.3 Å². The number of methoxy groups -OCH3 is 2. The maximum absolute atomic E-state index is 5.34. The first kappa shape index (κ1) is 17.9. The highest BCUT2D eigenvalue weighted by Gasteiger charge is 2.07. The molecule has 1 aromatic heterocycles. The van der Waals surface area contributed by atoms with Crippen molar-refractivity contribution in [1.82, 2.24) is 10.3 Å². The maximum Gasteiger partial charge on any atom is 0.161 e. The van der Waals surface area contributed by atoms with Crippen molar-refractivity contribution in [2.24, 2.45) is 0 Å². The van der Waals surface area contributed by atoms with E-state index >= 15 is 0 Å². The van der Waals surface area contributed by atoms with Crippen LogP contribution < -0.4 is 14.8 Å². The summed E-state index contributed by atoms with van der Waals surface area (Å²) in [5.74, 6) is 1.48. The van der Waals surface area contributed by atoms with Crippen LogP contribution in [-0.4, -0.2) is 19.2 Å². The van der Waals surface area contributed by atoms with Gasteiger partial charge in [0.2, 0.25) is 0 Å². The van der Waals surface area contributed by atoms with Gasteiger partial charge in [-0.3, -0.25) is 0 Å². The zero-order chi connectivity index (χ0) is 17.6. The number of rotatable bonds is 7. The SMILES string of the molecule is COc1ccc(CNCc2ncc(-c3cccc(Br)c3)s2)cc1OC. The van der Waals surface area contributed by atoms with Crippen LogP contribution in [0.4, 0.5) is 0 Å². The topological polar surface area (TPSA) is 43.4 Å². The summed E-state index contributed by atoms with van der Waals surface area (Å²) in [4.78, 5) is 5.68. The lowest BCUT2D eigenvalue weighted by molar-refractivity contribution is 0.354. The molecule has 1 heterocycles.